The predicted octanol–water partition coefficient (Wildman–Crippen LogP) is 2.44. The standard InChI is InChI=1S/C18H29N3O4/c1-18(2,3)17-19-14(25-20-17)8-6-9-15(22)21-10-5-4-7-13(21)16-23-11-12-24-16/h13,16H,4-12H2,1-3H3. The first-order chi connectivity index (χ1) is 11.9. The van der Waals surface area contributed by atoms with E-state index in [-0.39, 0.29) is 23.7 Å². The maximum absolute atomic E-state index is 12.7. The molecule has 1 atom stereocenters. The molecule has 0 spiro atoms. The molecule has 3 heterocycles. The third-order valence-electron chi connectivity index (χ3n) is 4.75. The molecule has 0 N–H and O–H groups in total. The zero-order valence-corrected chi connectivity index (χ0v) is 15.5. The highest BCUT2D eigenvalue weighted by Crippen LogP contribution is 2.25. The predicted molar refractivity (Wildman–Crippen MR) is 91.0 cm³/mol. The summed E-state index contributed by atoms with van der Waals surface area (Å²) < 4.78 is 16.6. The van der Waals surface area contributed by atoms with Crippen molar-refractivity contribution in [3.8, 4) is 0 Å². The molecule has 0 saturated carbocycles. The average molecular weight is 351 g/mol. The number of aromatic nitrogens is 2. The minimum absolute atomic E-state index is 0.0552. The SMILES string of the molecule is CC(C)(C)c1noc(CCCC(=O)N2CCCCC2C2OCCO2)n1. The van der Waals surface area contributed by atoms with E-state index in [9.17, 15) is 4.79 Å². The molecule has 140 valence electrons. The Balaban J connectivity index is 1.50. The summed E-state index contributed by atoms with van der Waals surface area (Å²) in [4.78, 5) is 19.0. The van der Waals surface area contributed by atoms with Gasteiger partial charge in [0.25, 0.3) is 0 Å². The average Bonchev–Trinajstić information content (AvgIpc) is 3.26. The number of carbonyl (C=O) groups is 1. The van der Waals surface area contributed by atoms with Gasteiger partial charge in [-0.25, -0.2) is 0 Å². The van der Waals surface area contributed by atoms with E-state index < -0.39 is 0 Å². The Kier molecular flexibility index (Phi) is 5.74. The Hall–Kier alpha value is -1.47. The summed E-state index contributed by atoms with van der Waals surface area (Å²) in [5.41, 5.74) is -0.125. The van der Waals surface area contributed by atoms with Crippen molar-refractivity contribution in [1.82, 2.24) is 15.0 Å². The van der Waals surface area contributed by atoms with E-state index in [0.29, 0.717) is 44.2 Å². The van der Waals surface area contributed by atoms with Crippen LogP contribution in [-0.4, -0.2) is 53.0 Å². The molecule has 7 heteroatoms. The molecular formula is C18H29N3O4. The van der Waals surface area contributed by atoms with Crippen molar-refractivity contribution in [2.45, 2.75) is 77.0 Å². The van der Waals surface area contributed by atoms with E-state index in [1.165, 1.54) is 0 Å². The lowest BCUT2D eigenvalue weighted by Crippen LogP contribution is -2.50. The van der Waals surface area contributed by atoms with Crippen molar-refractivity contribution >= 4 is 5.91 Å². The van der Waals surface area contributed by atoms with Gasteiger partial charge in [-0.2, -0.15) is 4.98 Å². The number of ether oxygens (including phenoxy) is 2. The van der Waals surface area contributed by atoms with Gasteiger partial charge in [0, 0.05) is 24.8 Å². The van der Waals surface area contributed by atoms with Crippen LogP contribution >= 0.6 is 0 Å². The van der Waals surface area contributed by atoms with Crippen LogP contribution in [-0.2, 0) is 26.1 Å². The first kappa shape index (κ1) is 18.3. The van der Waals surface area contributed by atoms with Gasteiger partial charge in [0.05, 0.1) is 19.3 Å². The van der Waals surface area contributed by atoms with E-state index in [4.69, 9.17) is 14.0 Å². The van der Waals surface area contributed by atoms with Gasteiger partial charge < -0.3 is 18.9 Å². The maximum atomic E-state index is 12.7. The molecule has 7 nitrogen and oxygen atoms in total. The molecule has 0 bridgehead atoms. The molecule has 2 aliphatic rings. The number of amides is 1. The summed E-state index contributed by atoms with van der Waals surface area (Å²) in [6, 6.07) is 0.0552. The Bertz CT molecular complexity index is 575. The molecule has 2 fully saturated rings. The molecule has 0 radical (unpaired) electrons. The van der Waals surface area contributed by atoms with Crippen molar-refractivity contribution in [3.05, 3.63) is 11.7 Å². The molecule has 2 aliphatic heterocycles. The molecule has 1 aromatic rings. The van der Waals surface area contributed by atoms with Crippen LogP contribution in [0.4, 0.5) is 0 Å². The van der Waals surface area contributed by atoms with Crippen LogP contribution < -0.4 is 0 Å². The van der Waals surface area contributed by atoms with Crippen molar-refractivity contribution in [2.24, 2.45) is 0 Å². The zero-order chi connectivity index (χ0) is 17.9. The highest BCUT2D eigenvalue weighted by molar-refractivity contribution is 5.76. The van der Waals surface area contributed by atoms with Crippen LogP contribution in [0, 0.1) is 0 Å². The van der Waals surface area contributed by atoms with E-state index in [0.717, 1.165) is 25.8 Å². The van der Waals surface area contributed by atoms with Crippen LogP contribution in [0.2, 0.25) is 0 Å². The second kappa shape index (κ2) is 7.83. The summed E-state index contributed by atoms with van der Waals surface area (Å²) in [6.07, 6.45) is 4.69. The van der Waals surface area contributed by atoms with Gasteiger partial charge >= 0.3 is 0 Å². The van der Waals surface area contributed by atoms with Gasteiger partial charge in [-0.15, -0.1) is 0 Å². The molecular weight excluding hydrogens is 322 g/mol. The van der Waals surface area contributed by atoms with Crippen LogP contribution in [0.3, 0.4) is 0 Å². The van der Waals surface area contributed by atoms with Gasteiger partial charge in [0.1, 0.15) is 0 Å². The number of rotatable bonds is 5. The van der Waals surface area contributed by atoms with Crippen LogP contribution in [0.25, 0.3) is 0 Å². The van der Waals surface area contributed by atoms with Crippen LogP contribution in [0.1, 0.15) is 64.6 Å². The molecule has 0 aliphatic carbocycles. The summed E-state index contributed by atoms with van der Waals surface area (Å²) in [6.45, 7) is 8.19. The van der Waals surface area contributed by atoms with Gasteiger partial charge in [0.2, 0.25) is 11.8 Å². The fourth-order valence-electron chi connectivity index (χ4n) is 3.34. The van der Waals surface area contributed by atoms with Crippen molar-refractivity contribution in [3.63, 3.8) is 0 Å². The second-order valence-electron chi connectivity index (χ2n) is 7.88. The number of likely N-dealkylation sites (tertiary alicyclic amines) is 1. The largest absolute Gasteiger partial charge is 0.348 e. The molecule has 1 aromatic heterocycles. The molecule has 2 saturated heterocycles. The lowest BCUT2D eigenvalue weighted by atomic mass is 9.96. The number of nitrogens with zero attached hydrogens (tertiary/aromatic N) is 3. The van der Waals surface area contributed by atoms with Crippen molar-refractivity contribution in [1.29, 1.82) is 0 Å². The second-order valence-corrected chi connectivity index (χ2v) is 7.88. The number of carbonyl (C=O) groups excluding carboxylic acids is 1. The van der Waals surface area contributed by atoms with Crippen LogP contribution in [0.5, 0.6) is 0 Å². The zero-order valence-electron chi connectivity index (χ0n) is 15.5. The number of aryl methyl sites for hydroxylation is 1. The van der Waals surface area contributed by atoms with E-state index in [2.05, 4.69) is 30.9 Å². The number of hydrogen-bond donors (Lipinski definition) is 0. The lowest BCUT2D eigenvalue weighted by Gasteiger charge is -2.38. The molecule has 0 aromatic carbocycles. The summed E-state index contributed by atoms with van der Waals surface area (Å²) in [5.74, 6) is 1.48. The Labute approximate surface area is 149 Å². The Morgan fingerprint density at radius 3 is 2.68 bits per heavy atom. The summed E-state index contributed by atoms with van der Waals surface area (Å²) in [5, 5.41) is 4.02. The van der Waals surface area contributed by atoms with Gasteiger partial charge in [-0.05, 0) is 25.7 Å². The van der Waals surface area contributed by atoms with E-state index >= 15 is 0 Å². The molecule has 1 amide bonds. The fourth-order valence-corrected chi connectivity index (χ4v) is 3.34. The maximum Gasteiger partial charge on any atom is 0.226 e. The van der Waals surface area contributed by atoms with Gasteiger partial charge in [-0.1, -0.05) is 25.9 Å². The number of piperidine rings is 1. The highest BCUT2D eigenvalue weighted by Gasteiger charge is 2.35. The molecule has 3 rings (SSSR count). The normalized spacial score (nSPS) is 22.5. The van der Waals surface area contributed by atoms with E-state index in [1.54, 1.807) is 0 Å². The van der Waals surface area contributed by atoms with Gasteiger partial charge in [0.15, 0.2) is 12.1 Å². The molecule has 1 unspecified atom stereocenters. The minimum atomic E-state index is -0.255. The third kappa shape index (κ3) is 4.58. The highest BCUT2D eigenvalue weighted by atomic mass is 16.7. The fraction of sp³-hybridized carbons (Fsp3) is 0.833. The third-order valence-corrected chi connectivity index (χ3v) is 4.75. The van der Waals surface area contributed by atoms with Crippen molar-refractivity contribution < 1.29 is 18.8 Å². The monoisotopic (exact) mass is 351 g/mol. The van der Waals surface area contributed by atoms with E-state index in [1.807, 2.05) is 4.90 Å². The first-order valence-corrected chi connectivity index (χ1v) is 9.31. The first-order valence-electron chi connectivity index (χ1n) is 9.31. The summed E-state index contributed by atoms with van der Waals surface area (Å²) >= 11 is 0. The van der Waals surface area contributed by atoms with Gasteiger partial charge in [-0.3, -0.25) is 4.79 Å². The minimum Gasteiger partial charge on any atom is -0.348 e. The van der Waals surface area contributed by atoms with Crippen molar-refractivity contribution in [2.75, 3.05) is 19.8 Å². The summed E-state index contributed by atoms with van der Waals surface area (Å²) in [7, 11) is 0. The quantitative estimate of drug-likeness (QED) is 0.811. The smallest absolute Gasteiger partial charge is 0.226 e. The van der Waals surface area contributed by atoms with Crippen LogP contribution in [0.15, 0.2) is 4.52 Å². The Morgan fingerprint density at radius 1 is 1.24 bits per heavy atom. The topological polar surface area (TPSA) is 77.7 Å². The molecule has 25 heavy (non-hydrogen) atoms. The lowest BCUT2D eigenvalue weighted by molar-refractivity contribution is -0.150. The number of hydrogen-bond acceptors (Lipinski definition) is 6. The Morgan fingerprint density at radius 2 is 2.00 bits per heavy atom.